The van der Waals surface area contributed by atoms with Gasteiger partial charge in [-0.3, -0.25) is 25.0 Å². The number of nitro groups is 2. The normalized spacial score (nSPS) is 16.4. The number of amides is 1. The van der Waals surface area contributed by atoms with Gasteiger partial charge in [-0.25, -0.2) is 4.39 Å². The summed E-state index contributed by atoms with van der Waals surface area (Å²) in [4.78, 5) is 34.7. The van der Waals surface area contributed by atoms with E-state index in [1.165, 1.54) is 18.2 Å². The fourth-order valence-corrected chi connectivity index (χ4v) is 2.93. The number of nitro benzene ring substituents is 2. The second-order valence-corrected chi connectivity index (χ2v) is 6.09. The Kier molecular flexibility index (Phi) is 4.97. The third kappa shape index (κ3) is 4.00. The molecular formula is C17H15FN4O5. The SMILES string of the molecule is O=C1C(Nc2ccc([N+](=O)[O-])cc2[N+](=O)[O-])CCN1Cc1ccc(F)cc1. The van der Waals surface area contributed by atoms with Crippen molar-refractivity contribution in [2.24, 2.45) is 0 Å². The molecule has 1 fully saturated rings. The average molecular weight is 374 g/mol. The fourth-order valence-electron chi connectivity index (χ4n) is 2.93. The summed E-state index contributed by atoms with van der Waals surface area (Å²) >= 11 is 0. The lowest BCUT2D eigenvalue weighted by Crippen LogP contribution is -2.33. The molecule has 1 saturated heterocycles. The first-order chi connectivity index (χ1) is 12.8. The predicted octanol–water partition coefficient (Wildman–Crippen LogP) is 2.86. The Balaban J connectivity index is 1.73. The third-order valence-corrected chi connectivity index (χ3v) is 4.30. The molecule has 2 aromatic rings. The number of likely N-dealkylation sites (tertiary alicyclic amines) is 1. The number of carbonyl (C=O) groups is 1. The van der Waals surface area contributed by atoms with Crippen molar-refractivity contribution in [2.45, 2.75) is 19.0 Å². The van der Waals surface area contributed by atoms with E-state index in [9.17, 15) is 29.4 Å². The molecule has 2 aromatic carbocycles. The van der Waals surface area contributed by atoms with E-state index in [0.717, 1.165) is 17.7 Å². The standard InChI is InChI=1S/C17H15FN4O5/c18-12-3-1-11(2-4-12)10-20-8-7-15(17(20)23)19-14-6-5-13(21(24)25)9-16(14)22(26)27/h1-6,9,15,19H,7-8,10H2. The summed E-state index contributed by atoms with van der Waals surface area (Å²) in [6.45, 7) is 0.744. The number of nitrogens with one attached hydrogen (secondary N) is 1. The number of non-ortho nitro benzene ring substituents is 1. The average Bonchev–Trinajstić information content (AvgIpc) is 2.97. The zero-order valence-corrected chi connectivity index (χ0v) is 14.0. The van der Waals surface area contributed by atoms with E-state index in [1.54, 1.807) is 17.0 Å². The number of halogens is 1. The largest absolute Gasteiger partial charge is 0.368 e. The van der Waals surface area contributed by atoms with Crippen molar-refractivity contribution in [2.75, 3.05) is 11.9 Å². The van der Waals surface area contributed by atoms with Crippen molar-refractivity contribution in [1.82, 2.24) is 4.90 Å². The molecule has 0 spiro atoms. The Labute approximate surface area is 152 Å². The minimum Gasteiger partial charge on any atom is -0.368 e. The van der Waals surface area contributed by atoms with Crippen LogP contribution in [-0.4, -0.2) is 33.2 Å². The molecule has 1 unspecified atom stereocenters. The van der Waals surface area contributed by atoms with Gasteiger partial charge in [0.15, 0.2) is 0 Å². The summed E-state index contributed by atoms with van der Waals surface area (Å²) in [5, 5.41) is 24.8. The van der Waals surface area contributed by atoms with Crippen LogP contribution >= 0.6 is 0 Å². The van der Waals surface area contributed by atoms with Gasteiger partial charge in [0.05, 0.1) is 15.9 Å². The quantitative estimate of drug-likeness (QED) is 0.613. The highest BCUT2D eigenvalue weighted by molar-refractivity contribution is 5.87. The molecule has 1 heterocycles. The highest BCUT2D eigenvalue weighted by Gasteiger charge is 2.33. The maximum Gasteiger partial charge on any atom is 0.299 e. The van der Waals surface area contributed by atoms with Gasteiger partial charge in [-0.1, -0.05) is 12.1 Å². The minimum atomic E-state index is -0.731. The minimum absolute atomic E-state index is 0.0487. The Hall–Kier alpha value is -3.56. The molecule has 0 aromatic heterocycles. The molecule has 1 N–H and O–H groups in total. The smallest absolute Gasteiger partial charge is 0.299 e. The maximum absolute atomic E-state index is 13.0. The Morgan fingerprint density at radius 2 is 1.81 bits per heavy atom. The lowest BCUT2D eigenvalue weighted by molar-refractivity contribution is -0.393. The van der Waals surface area contributed by atoms with E-state index >= 15 is 0 Å². The number of nitrogens with zero attached hydrogens (tertiary/aromatic N) is 3. The van der Waals surface area contributed by atoms with E-state index in [0.29, 0.717) is 19.5 Å². The highest BCUT2D eigenvalue weighted by atomic mass is 19.1. The molecule has 27 heavy (non-hydrogen) atoms. The van der Waals surface area contributed by atoms with Crippen LogP contribution in [0.1, 0.15) is 12.0 Å². The predicted molar refractivity (Wildman–Crippen MR) is 93.6 cm³/mol. The molecule has 0 saturated carbocycles. The van der Waals surface area contributed by atoms with Gasteiger partial charge in [0, 0.05) is 19.2 Å². The lowest BCUT2D eigenvalue weighted by atomic mass is 10.2. The molecule has 1 aliphatic rings. The number of rotatable bonds is 6. The number of benzene rings is 2. The van der Waals surface area contributed by atoms with Crippen LogP contribution < -0.4 is 5.32 Å². The van der Waals surface area contributed by atoms with Crippen LogP contribution in [0.15, 0.2) is 42.5 Å². The molecule has 140 valence electrons. The Morgan fingerprint density at radius 1 is 1.11 bits per heavy atom. The summed E-state index contributed by atoms with van der Waals surface area (Å²) in [5.74, 6) is -0.608. The Bertz CT molecular complexity index is 903. The summed E-state index contributed by atoms with van der Waals surface area (Å²) in [6, 6.07) is 8.35. The second kappa shape index (κ2) is 7.36. The maximum atomic E-state index is 13.0. The zero-order valence-electron chi connectivity index (χ0n) is 14.0. The van der Waals surface area contributed by atoms with Crippen LogP contribution in [0, 0.1) is 26.0 Å². The summed E-state index contributed by atoms with van der Waals surface area (Å²) in [6.07, 6.45) is 0.425. The van der Waals surface area contributed by atoms with Crippen molar-refractivity contribution in [3.05, 3.63) is 74.1 Å². The number of carbonyl (C=O) groups excluding carboxylic acids is 1. The molecule has 0 radical (unpaired) electrons. The van der Waals surface area contributed by atoms with E-state index < -0.39 is 27.3 Å². The molecule has 10 heteroatoms. The van der Waals surface area contributed by atoms with E-state index in [2.05, 4.69) is 5.32 Å². The van der Waals surface area contributed by atoms with Crippen LogP contribution in [0.4, 0.5) is 21.5 Å². The van der Waals surface area contributed by atoms with Crippen molar-refractivity contribution >= 4 is 23.0 Å². The van der Waals surface area contributed by atoms with Crippen molar-refractivity contribution in [3.8, 4) is 0 Å². The van der Waals surface area contributed by atoms with Crippen LogP contribution in [-0.2, 0) is 11.3 Å². The number of hydrogen-bond acceptors (Lipinski definition) is 6. The van der Waals surface area contributed by atoms with Gasteiger partial charge in [0.1, 0.15) is 17.5 Å². The van der Waals surface area contributed by atoms with Crippen LogP contribution in [0.25, 0.3) is 0 Å². The van der Waals surface area contributed by atoms with Gasteiger partial charge in [0.25, 0.3) is 11.4 Å². The zero-order chi connectivity index (χ0) is 19.6. The molecule has 1 atom stereocenters. The first kappa shape index (κ1) is 18.2. The van der Waals surface area contributed by atoms with Crippen LogP contribution in [0.5, 0.6) is 0 Å². The van der Waals surface area contributed by atoms with Crippen molar-refractivity contribution < 1.29 is 19.0 Å². The molecule has 0 bridgehead atoms. The van der Waals surface area contributed by atoms with E-state index in [1.807, 2.05) is 0 Å². The van der Waals surface area contributed by atoms with Gasteiger partial charge in [-0.05, 0) is 30.2 Å². The first-order valence-electron chi connectivity index (χ1n) is 8.08. The van der Waals surface area contributed by atoms with Crippen molar-refractivity contribution in [3.63, 3.8) is 0 Å². The monoisotopic (exact) mass is 374 g/mol. The molecule has 9 nitrogen and oxygen atoms in total. The Morgan fingerprint density at radius 3 is 2.44 bits per heavy atom. The second-order valence-electron chi connectivity index (χ2n) is 6.09. The van der Waals surface area contributed by atoms with Gasteiger partial charge < -0.3 is 10.2 Å². The number of hydrogen-bond donors (Lipinski definition) is 1. The summed E-state index contributed by atoms with van der Waals surface area (Å²) in [7, 11) is 0. The molecule has 1 aliphatic heterocycles. The van der Waals surface area contributed by atoms with Gasteiger partial charge in [0.2, 0.25) is 5.91 Å². The van der Waals surface area contributed by atoms with Gasteiger partial charge >= 0.3 is 0 Å². The van der Waals surface area contributed by atoms with E-state index in [4.69, 9.17) is 0 Å². The summed E-state index contributed by atoms with van der Waals surface area (Å²) in [5.41, 5.74) is -0.0452. The van der Waals surface area contributed by atoms with E-state index in [-0.39, 0.29) is 17.4 Å². The van der Waals surface area contributed by atoms with Crippen LogP contribution in [0.2, 0.25) is 0 Å². The highest BCUT2D eigenvalue weighted by Crippen LogP contribution is 2.31. The molecular weight excluding hydrogens is 359 g/mol. The first-order valence-corrected chi connectivity index (χ1v) is 8.08. The lowest BCUT2D eigenvalue weighted by Gasteiger charge is -2.17. The molecule has 1 amide bonds. The van der Waals surface area contributed by atoms with Crippen molar-refractivity contribution in [1.29, 1.82) is 0 Å². The number of anilines is 1. The molecule has 3 rings (SSSR count). The van der Waals surface area contributed by atoms with Gasteiger partial charge in [-0.15, -0.1) is 0 Å². The van der Waals surface area contributed by atoms with Gasteiger partial charge in [-0.2, -0.15) is 0 Å². The summed E-state index contributed by atoms with van der Waals surface area (Å²) < 4.78 is 13.0. The topological polar surface area (TPSA) is 119 Å². The molecule has 0 aliphatic carbocycles. The van der Waals surface area contributed by atoms with Crippen LogP contribution in [0.3, 0.4) is 0 Å². The fraction of sp³-hybridized carbons (Fsp3) is 0.235. The third-order valence-electron chi connectivity index (χ3n) is 4.30.